The van der Waals surface area contributed by atoms with Gasteiger partial charge in [0, 0.05) is 25.3 Å². The van der Waals surface area contributed by atoms with E-state index in [-0.39, 0.29) is 17.6 Å². The Bertz CT molecular complexity index is 915. The Hall–Kier alpha value is -2.80. The first kappa shape index (κ1) is 15.7. The summed E-state index contributed by atoms with van der Waals surface area (Å²) < 4.78 is 12.9. The van der Waals surface area contributed by atoms with E-state index < -0.39 is 0 Å². The van der Waals surface area contributed by atoms with Gasteiger partial charge in [-0.05, 0) is 37.3 Å². The van der Waals surface area contributed by atoms with Crippen molar-refractivity contribution in [2.24, 2.45) is 5.92 Å². The first-order valence-corrected chi connectivity index (χ1v) is 8.17. The minimum atomic E-state index is -0.339. The smallest absolute Gasteiger partial charge is 0.230 e. The number of H-pyrrole nitrogens is 1. The number of hydrogen-bond acceptors (Lipinski definition) is 4. The molecule has 3 heterocycles. The summed E-state index contributed by atoms with van der Waals surface area (Å²) in [6.45, 7) is 3.88. The van der Waals surface area contributed by atoms with E-state index in [0.717, 1.165) is 28.2 Å². The first-order chi connectivity index (χ1) is 12.1. The van der Waals surface area contributed by atoms with Crippen LogP contribution in [0.25, 0.3) is 11.0 Å². The van der Waals surface area contributed by atoms with Crippen molar-refractivity contribution in [3.63, 3.8) is 0 Å². The molecule has 1 fully saturated rings. The number of fused-ring (bicyclic) bond motifs is 1. The summed E-state index contributed by atoms with van der Waals surface area (Å²) in [5.74, 6) is 0.482. The number of carbonyl (C=O) groups excluding carboxylic acids is 1. The summed E-state index contributed by atoms with van der Waals surface area (Å²) in [4.78, 5) is 26.0. The van der Waals surface area contributed by atoms with E-state index in [2.05, 4.69) is 25.2 Å². The predicted octanol–water partition coefficient (Wildman–Crippen LogP) is 2.48. The van der Waals surface area contributed by atoms with Crippen LogP contribution < -0.4 is 5.32 Å². The van der Waals surface area contributed by atoms with Crippen molar-refractivity contribution in [1.29, 1.82) is 0 Å². The molecule has 1 aliphatic rings. The average Bonchev–Trinajstić information content (AvgIpc) is 2.91. The van der Waals surface area contributed by atoms with Crippen molar-refractivity contribution in [3.8, 4) is 0 Å². The van der Waals surface area contributed by atoms with E-state index in [4.69, 9.17) is 0 Å². The van der Waals surface area contributed by atoms with Crippen molar-refractivity contribution in [3.05, 3.63) is 53.9 Å². The van der Waals surface area contributed by atoms with Crippen LogP contribution in [0.3, 0.4) is 0 Å². The van der Waals surface area contributed by atoms with E-state index in [1.807, 2.05) is 25.1 Å². The molecule has 6 nitrogen and oxygen atoms in total. The van der Waals surface area contributed by atoms with Crippen LogP contribution in [0.15, 0.2) is 36.5 Å². The number of anilines is 1. The second-order valence-electron chi connectivity index (χ2n) is 6.40. The normalized spacial score (nSPS) is 15.3. The number of pyridine rings is 1. The van der Waals surface area contributed by atoms with Crippen molar-refractivity contribution in [2.45, 2.75) is 13.5 Å². The lowest BCUT2D eigenvalue weighted by Gasteiger charge is -2.37. The molecule has 0 unspecified atom stereocenters. The van der Waals surface area contributed by atoms with Gasteiger partial charge in [-0.15, -0.1) is 0 Å². The maximum Gasteiger partial charge on any atom is 0.230 e. The Balaban J connectivity index is 1.32. The Morgan fingerprint density at radius 1 is 1.36 bits per heavy atom. The van der Waals surface area contributed by atoms with Crippen molar-refractivity contribution in [2.75, 3.05) is 18.4 Å². The van der Waals surface area contributed by atoms with E-state index in [1.54, 1.807) is 6.07 Å². The number of nitrogens with one attached hydrogen (secondary N) is 2. The molecular formula is C18H18FN5O. The van der Waals surface area contributed by atoms with Crippen molar-refractivity contribution in [1.82, 2.24) is 19.9 Å². The van der Waals surface area contributed by atoms with Crippen molar-refractivity contribution < 1.29 is 9.18 Å². The van der Waals surface area contributed by atoms with E-state index in [1.165, 1.54) is 12.3 Å². The third-order valence-electron chi connectivity index (χ3n) is 4.37. The van der Waals surface area contributed by atoms with Crippen LogP contribution >= 0.6 is 0 Å². The summed E-state index contributed by atoms with van der Waals surface area (Å²) >= 11 is 0. The SMILES string of the molecule is Cc1nc2ccc(NC(=O)C3CN(Cc4ccc(F)cn4)C3)cc2[nH]1. The topological polar surface area (TPSA) is 73.9 Å². The number of hydrogen-bond donors (Lipinski definition) is 2. The molecule has 0 saturated carbocycles. The Labute approximate surface area is 144 Å². The standard InChI is InChI=1S/C18H18FN5O/c1-11-21-16-5-4-14(6-17(16)22-11)23-18(25)12-8-24(9-12)10-15-3-2-13(19)7-20-15/h2-7,12H,8-10H2,1H3,(H,21,22)(H,23,25). The first-order valence-electron chi connectivity index (χ1n) is 8.17. The monoisotopic (exact) mass is 339 g/mol. The van der Waals surface area contributed by atoms with Gasteiger partial charge in [0.15, 0.2) is 0 Å². The molecule has 4 rings (SSSR count). The molecule has 2 aromatic heterocycles. The fraction of sp³-hybridized carbons (Fsp3) is 0.278. The van der Waals surface area contributed by atoms with Gasteiger partial charge >= 0.3 is 0 Å². The van der Waals surface area contributed by atoms with Crippen LogP contribution in [0, 0.1) is 18.7 Å². The lowest BCUT2D eigenvalue weighted by Crippen LogP contribution is -2.51. The van der Waals surface area contributed by atoms with Crippen LogP contribution in [-0.4, -0.2) is 38.8 Å². The van der Waals surface area contributed by atoms with Crippen molar-refractivity contribution >= 4 is 22.6 Å². The van der Waals surface area contributed by atoms with Gasteiger partial charge in [0.1, 0.15) is 11.6 Å². The number of halogens is 1. The Morgan fingerprint density at radius 3 is 2.96 bits per heavy atom. The molecular weight excluding hydrogens is 321 g/mol. The Morgan fingerprint density at radius 2 is 2.20 bits per heavy atom. The number of nitrogens with zero attached hydrogens (tertiary/aromatic N) is 3. The molecule has 0 bridgehead atoms. The average molecular weight is 339 g/mol. The summed E-state index contributed by atoms with van der Waals surface area (Å²) in [6, 6.07) is 8.72. The number of aryl methyl sites for hydroxylation is 1. The van der Waals surface area contributed by atoms with Crippen LogP contribution in [0.2, 0.25) is 0 Å². The molecule has 0 radical (unpaired) electrons. The van der Waals surface area contributed by atoms with Gasteiger partial charge in [-0.3, -0.25) is 14.7 Å². The molecule has 1 aromatic carbocycles. The predicted molar refractivity (Wildman–Crippen MR) is 92.4 cm³/mol. The quantitative estimate of drug-likeness (QED) is 0.766. The molecule has 1 amide bonds. The highest BCUT2D eigenvalue weighted by atomic mass is 19.1. The minimum Gasteiger partial charge on any atom is -0.342 e. The fourth-order valence-electron chi connectivity index (χ4n) is 3.05. The maximum absolute atomic E-state index is 12.9. The van der Waals surface area contributed by atoms with Gasteiger partial charge in [0.25, 0.3) is 0 Å². The van der Waals surface area contributed by atoms with E-state index in [9.17, 15) is 9.18 Å². The fourth-order valence-corrected chi connectivity index (χ4v) is 3.05. The second kappa shape index (κ2) is 6.25. The molecule has 0 atom stereocenters. The van der Waals surface area contributed by atoms with E-state index in [0.29, 0.717) is 19.6 Å². The number of carbonyl (C=O) groups is 1. The zero-order valence-corrected chi connectivity index (χ0v) is 13.8. The van der Waals surface area contributed by atoms with Crippen LogP contribution in [0.4, 0.5) is 10.1 Å². The number of benzene rings is 1. The lowest BCUT2D eigenvalue weighted by atomic mass is 9.98. The number of aromatic amines is 1. The Kier molecular flexibility index (Phi) is 3.93. The zero-order chi connectivity index (χ0) is 17.4. The van der Waals surface area contributed by atoms with Gasteiger partial charge in [-0.25, -0.2) is 9.37 Å². The van der Waals surface area contributed by atoms with Gasteiger partial charge in [-0.2, -0.15) is 0 Å². The lowest BCUT2D eigenvalue weighted by molar-refractivity contribution is -0.125. The van der Waals surface area contributed by atoms with Crippen LogP contribution in [-0.2, 0) is 11.3 Å². The molecule has 2 N–H and O–H groups in total. The largest absolute Gasteiger partial charge is 0.342 e. The molecule has 3 aromatic rings. The number of aromatic nitrogens is 3. The number of amides is 1. The van der Waals surface area contributed by atoms with Crippen LogP contribution in [0.1, 0.15) is 11.5 Å². The third kappa shape index (κ3) is 3.36. The molecule has 1 saturated heterocycles. The molecule has 128 valence electrons. The molecule has 0 aliphatic carbocycles. The van der Waals surface area contributed by atoms with Crippen LogP contribution in [0.5, 0.6) is 0 Å². The number of imidazole rings is 1. The summed E-state index contributed by atoms with van der Waals surface area (Å²) in [7, 11) is 0. The van der Waals surface area contributed by atoms with Gasteiger partial charge in [0.05, 0.1) is 28.8 Å². The third-order valence-corrected chi connectivity index (χ3v) is 4.37. The zero-order valence-electron chi connectivity index (χ0n) is 13.8. The number of likely N-dealkylation sites (tertiary alicyclic amines) is 1. The summed E-state index contributed by atoms with van der Waals surface area (Å²) in [5, 5.41) is 2.96. The highest BCUT2D eigenvalue weighted by Gasteiger charge is 2.32. The van der Waals surface area contributed by atoms with E-state index >= 15 is 0 Å². The second-order valence-corrected chi connectivity index (χ2v) is 6.40. The van der Waals surface area contributed by atoms with Gasteiger partial charge < -0.3 is 10.3 Å². The van der Waals surface area contributed by atoms with Gasteiger partial charge in [0.2, 0.25) is 5.91 Å². The maximum atomic E-state index is 12.9. The number of rotatable bonds is 4. The molecule has 1 aliphatic heterocycles. The highest BCUT2D eigenvalue weighted by molar-refractivity contribution is 5.95. The van der Waals surface area contributed by atoms with Gasteiger partial charge in [-0.1, -0.05) is 0 Å². The molecule has 7 heteroatoms. The summed E-state index contributed by atoms with van der Waals surface area (Å²) in [6.07, 6.45) is 1.21. The highest BCUT2D eigenvalue weighted by Crippen LogP contribution is 2.22. The summed E-state index contributed by atoms with van der Waals surface area (Å²) in [5.41, 5.74) is 3.37. The molecule has 25 heavy (non-hydrogen) atoms. The molecule has 0 spiro atoms. The minimum absolute atomic E-state index is 0.0129.